The highest BCUT2D eigenvalue weighted by atomic mass is 16.2. The first-order valence-electron chi connectivity index (χ1n) is 6.56. The van der Waals surface area contributed by atoms with Crippen molar-refractivity contribution in [3.8, 4) is 0 Å². The van der Waals surface area contributed by atoms with Crippen LogP contribution < -0.4 is 5.32 Å². The number of rotatable bonds is 3. The van der Waals surface area contributed by atoms with Gasteiger partial charge < -0.3 is 5.32 Å². The van der Waals surface area contributed by atoms with Crippen molar-refractivity contribution in [1.29, 1.82) is 0 Å². The summed E-state index contributed by atoms with van der Waals surface area (Å²) >= 11 is 0. The molecule has 102 valence electrons. The molecule has 2 amide bonds. The van der Waals surface area contributed by atoms with Crippen LogP contribution >= 0.6 is 0 Å². The van der Waals surface area contributed by atoms with E-state index in [2.05, 4.69) is 19.2 Å². The Balaban J connectivity index is 2.44. The standard InChI is InChI=1S/C15H20N2O2/c1-9(2)14(16-3)11-6-5-10-8-13(18)17(4)15(19)12(10)7-11/h5-7,9,14,16H,8H2,1-4H3. The first kappa shape index (κ1) is 13.7. The number of hydrogen-bond donors (Lipinski definition) is 1. The van der Waals surface area contributed by atoms with E-state index >= 15 is 0 Å². The van der Waals surface area contributed by atoms with E-state index in [1.165, 1.54) is 11.9 Å². The van der Waals surface area contributed by atoms with Crippen molar-refractivity contribution >= 4 is 11.8 Å². The maximum Gasteiger partial charge on any atom is 0.260 e. The van der Waals surface area contributed by atoms with Crippen molar-refractivity contribution < 1.29 is 9.59 Å². The summed E-state index contributed by atoms with van der Waals surface area (Å²) in [5, 5.41) is 3.27. The highest BCUT2D eigenvalue weighted by Crippen LogP contribution is 2.26. The minimum Gasteiger partial charge on any atom is -0.313 e. The van der Waals surface area contributed by atoms with Gasteiger partial charge >= 0.3 is 0 Å². The van der Waals surface area contributed by atoms with Crippen molar-refractivity contribution in [3.63, 3.8) is 0 Å². The Morgan fingerprint density at radius 2 is 1.95 bits per heavy atom. The van der Waals surface area contributed by atoms with Gasteiger partial charge in [-0.15, -0.1) is 0 Å². The van der Waals surface area contributed by atoms with Crippen LogP contribution in [0.3, 0.4) is 0 Å². The molecule has 0 aromatic heterocycles. The van der Waals surface area contributed by atoms with Crippen LogP contribution in [0.5, 0.6) is 0 Å². The first-order valence-corrected chi connectivity index (χ1v) is 6.56. The third-order valence-electron chi connectivity index (χ3n) is 3.72. The monoisotopic (exact) mass is 260 g/mol. The van der Waals surface area contributed by atoms with Gasteiger partial charge in [-0.1, -0.05) is 26.0 Å². The largest absolute Gasteiger partial charge is 0.313 e. The Morgan fingerprint density at radius 1 is 1.26 bits per heavy atom. The number of carbonyl (C=O) groups excluding carboxylic acids is 2. The molecule has 4 heteroatoms. The van der Waals surface area contributed by atoms with E-state index in [1.807, 2.05) is 25.2 Å². The van der Waals surface area contributed by atoms with Crippen molar-refractivity contribution in [2.75, 3.05) is 14.1 Å². The number of benzene rings is 1. The molecule has 0 radical (unpaired) electrons. The SMILES string of the molecule is CNC(c1ccc2c(c1)C(=O)N(C)C(=O)C2)C(C)C. The van der Waals surface area contributed by atoms with E-state index in [-0.39, 0.29) is 17.9 Å². The fourth-order valence-corrected chi connectivity index (χ4v) is 2.60. The van der Waals surface area contributed by atoms with E-state index in [0.717, 1.165) is 11.1 Å². The van der Waals surface area contributed by atoms with Gasteiger partial charge in [-0.3, -0.25) is 14.5 Å². The van der Waals surface area contributed by atoms with Crippen LogP contribution in [-0.2, 0) is 11.2 Å². The lowest BCUT2D eigenvalue weighted by Gasteiger charge is -2.26. The van der Waals surface area contributed by atoms with Crippen LogP contribution in [0, 0.1) is 5.92 Å². The molecule has 1 aromatic rings. The second-order valence-electron chi connectivity index (χ2n) is 5.36. The number of fused-ring (bicyclic) bond motifs is 1. The van der Waals surface area contributed by atoms with E-state index in [0.29, 0.717) is 17.9 Å². The average molecular weight is 260 g/mol. The van der Waals surface area contributed by atoms with Crippen LogP contribution in [0.1, 0.15) is 41.4 Å². The number of nitrogens with one attached hydrogen (secondary N) is 1. The highest BCUT2D eigenvalue weighted by molar-refractivity contribution is 6.09. The summed E-state index contributed by atoms with van der Waals surface area (Å²) in [6, 6.07) is 6.04. The minimum absolute atomic E-state index is 0.140. The Morgan fingerprint density at radius 3 is 2.53 bits per heavy atom. The molecule has 0 aliphatic carbocycles. The molecule has 1 N–H and O–H groups in total. The molecule has 19 heavy (non-hydrogen) atoms. The van der Waals surface area contributed by atoms with Gasteiger partial charge in [-0.2, -0.15) is 0 Å². The Hall–Kier alpha value is -1.68. The third kappa shape index (κ3) is 2.40. The summed E-state index contributed by atoms with van der Waals surface area (Å²) in [6.45, 7) is 4.27. The molecule has 0 saturated carbocycles. The van der Waals surface area contributed by atoms with Crippen LogP contribution in [-0.4, -0.2) is 30.8 Å². The van der Waals surface area contributed by atoms with Gasteiger partial charge in [0.15, 0.2) is 0 Å². The van der Waals surface area contributed by atoms with Gasteiger partial charge in [0, 0.05) is 18.7 Å². The second kappa shape index (κ2) is 5.13. The summed E-state index contributed by atoms with van der Waals surface area (Å²) < 4.78 is 0. The van der Waals surface area contributed by atoms with Crippen LogP contribution in [0.2, 0.25) is 0 Å². The lowest BCUT2D eigenvalue weighted by molar-refractivity contribution is -0.127. The minimum atomic E-state index is -0.202. The smallest absolute Gasteiger partial charge is 0.260 e. The van der Waals surface area contributed by atoms with E-state index in [9.17, 15) is 9.59 Å². The molecule has 2 rings (SSSR count). The number of amides is 2. The highest BCUT2D eigenvalue weighted by Gasteiger charge is 2.28. The first-order chi connectivity index (χ1) is 8.95. The summed E-state index contributed by atoms with van der Waals surface area (Å²) in [7, 11) is 3.46. The number of carbonyl (C=O) groups is 2. The number of likely N-dealkylation sites (N-methyl/N-ethyl adjacent to an activating group) is 1. The van der Waals surface area contributed by atoms with E-state index < -0.39 is 0 Å². The molecule has 4 nitrogen and oxygen atoms in total. The molecule has 1 heterocycles. The van der Waals surface area contributed by atoms with Crippen LogP contribution in [0.25, 0.3) is 0 Å². The molecule has 0 fully saturated rings. The quantitative estimate of drug-likeness (QED) is 0.842. The van der Waals surface area contributed by atoms with Crippen LogP contribution in [0.15, 0.2) is 18.2 Å². The fraction of sp³-hybridized carbons (Fsp3) is 0.467. The number of hydrogen-bond acceptors (Lipinski definition) is 3. The number of nitrogens with zero attached hydrogens (tertiary/aromatic N) is 1. The van der Waals surface area contributed by atoms with E-state index in [4.69, 9.17) is 0 Å². The summed E-state index contributed by atoms with van der Waals surface area (Å²) in [6.07, 6.45) is 0.309. The van der Waals surface area contributed by atoms with Crippen molar-refractivity contribution in [3.05, 3.63) is 34.9 Å². The zero-order valence-corrected chi connectivity index (χ0v) is 11.9. The van der Waals surface area contributed by atoms with Gasteiger partial charge in [-0.25, -0.2) is 0 Å². The zero-order valence-electron chi connectivity index (χ0n) is 11.9. The lowest BCUT2D eigenvalue weighted by atomic mass is 9.90. The average Bonchev–Trinajstić information content (AvgIpc) is 2.37. The molecule has 0 saturated heterocycles. The molecule has 1 aliphatic heterocycles. The molecule has 1 unspecified atom stereocenters. The number of imide groups is 1. The third-order valence-corrected chi connectivity index (χ3v) is 3.72. The van der Waals surface area contributed by atoms with Crippen molar-refractivity contribution in [2.24, 2.45) is 5.92 Å². The topological polar surface area (TPSA) is 49.4 Å². The van der Waals surface area contributed by atoms with Crippen molar-refractivity contribution in [1.82, 2.24) is 10.2 Å². The molecule has 1 atom stereocenters. The second-order valence-corrected chi connectivity index (χ2v) is 5.36. The maximum absolute atomic E-state index is 12.1. The molecule has 1 aromatic carbocycles. The zero-order chi connectivity index (χ0) is 14.2. The molecule has 0 spiro atoms. The van der Waals surface area contributed by atoms with Gasteiger partial charge in [0.2, 0.25) is 5.91 Å². The van der Waals surface area contributed by atoms with Crippen LogP contribution in [0.4, 0.5) is 0 Å². The normalized spacial score (nSPS) is 16.8. The summed E-state index contributed by atoms with van der Waals surface area (Å²) in [5.74, 6) is 0.0899. The van der Waals surface area contributed by atoms with Gasteiger partial charge in [0.05, 0.1) is 6.42 Å². The van der Waals surface area contributed by atoms with Gasteiger partial charge in [0.1, 0.15) is 0 Å². The molecular weight excluding hydrogens is 240 g/mol. The summed E-state index contributed by atoms with van der Waals surface area (Å²) in [4.78, 5) is 25.0. The Bertz CT molecular complexity index is 523. The van der Waals surface area contributed by atoms with Gasteiger partial charge in [-0.05, 0) is 30.2 Å². The summed E-state index contributed by atoms with van der Waals surface area (Å²) in [5.41, 5.74) is 2.57. The molecule has 1 aliphatic rings. The molecular formula is C15H20N2O2. The Labute approximate surface area is 113 Å². The fourth-order valence-electron chi connectivity index (χ4n) is 2.60. The van der Waals surface area contributed by atoms with Crippen molar-refractivity contribution in [2.45, 2.75) is 26.3 Å². The predicted octanol–water partition coefficient (Wildman–Crippen LogP) is 1.76. The molecule has 0 bridgehead atoms. The van der Waals surface area contributed by atoms with Gasteiger partial charge in [0.25, 0.3) is 5.91 Å². The van der Waals surface area contributed by atoms with E-state index in [1.54, 1.807) is 0 Å². The Kier molecular flexibility index (Phi) is 3.71. The lowest BCUT2D eigenvalue weighted by Crippen LogP contribution is -2.39. The maximum atomic E-state index is 12.1. The predicted molar refractivity (Wildman–Crippen MR) is 73.9 cm³/mol.